The van der Waals surface area contributed by atoms with E-state index in [1.165, 1.54) is 6.07 Å². The van der Waals surface area contributed by atoms with Crippen molar-refractivity contribution in [3.05, 3.63) is 36.4 Å². The second kappa shape index (κ2) is 4.23. The Kier molecular flexibility index (Phi) is 2.91. The molecule has 90 valence electrons. The van der Waals surface area contributed by atoms with Gasteiger partial charge in [0.1, 0.15) is 5.75 Å². The fourth-order valence-electron chi connectivity index (χ4n) is 1.62. The van der Waals surface area contributed by atoms with Crippen molar-refractivity contribution in [1.82, 2.24) is 0 Å². The summed E-state index contributed by atoms with van der Waals surface area (Å²) < 4.78 is 31.7. The Morgan fingerprint density at radius 1 is 1.00 bits per heavy atom. The zero-order valence-corrected chi connectivity index (χ0v) is 9.90. The lowest BCUT2D eigenvalue weighted by atomic mass is 10.1. The molecule has 2 aromatic carbocycles. The highest BCUT2D eigenvalue weighted by atomic mass is 32.2. The largest absolute Gasteiger partial charge is 0.496 e. The molecular formula is C11H11NO4S. The van der Waals surface area contributed by atoms with Gasteiger partial charge >= 0.3 is 10.3 Å². The summed E-state index contributed by atoms with van der Waals surface area (Å²) in [4.78, 5) is 0. The van der Waals surface area contributed by atoms with Crippen LogP contribution in [0.15, 0.2) is 36.4 Å². The summed E-state index contributed by atoms with van der Waals surface area (Å²) in [6.07, 6.45) is 0. The molecule has 0 atom stereocenters. The predicted octanol–water partition coefficient (Wildman–Crippen LogP) is 1.43. The quantitative estimate of drug-likeness (QED) is 0.897. The van der Waals surface area contributed by atoms with Gasteiger partial charge in [-0.05, 0) is 12.1 Å². The van der Waals surface area contributed by atoms with Crippen LogP contribution < -0.4 is 14.1 Å². The minimum atomic E-state index is -4.03. The first kappa shape index (κ1) is 11.7. The number of benzene rings is 2. The Bertz CT molecular complexity index is 652. The summed E-state index contributed by atoms with van der Waals surface area (Å²) in [7, 11) is -2.49. The molecule has 0 fully saturated rings. The van der Waals surface area contributed by atoms with Crippen LogP contribution in [0.4, 0.5) is 0 Å². The highest BCUT2D eigenvalue weighted by Crippen LogP contribution is 2.33. The molecule has 0 heterocycles. The summed E-state index contributed by atoms with van der Waals surface area (Å²) in [5, 5.41) is 6.23. The van der Waals surface area contributed by atoms with Crippen LogP contribution in [-0.2, 0) is 10.3 Å². The van der Waals surface area contributed by atoms with Crippen molar-refractivity contribution in [2.24, 2.45) is 5.14 Å². The molecule has 17 heavy (non-hydrogen) atoms. The van der Waals surface area contributed by atoms with Gasteiger partial charge in [0, 0.05) is 10.8 Å². The van der Waals surface area contributed by atoms with Crippen molar-refractivity contribution in [2.75, 3.05) is 7.11 Å². The van der Waals surface area contributed by atoms with Gasteiger partial charge in [-0.3, -0.25) is 0 Å². The molecule has 0 amide bonds. The fraction of sp³-hybridized carbons (Fsp3) is 0.0909. The highest BCUT2D eigenvalue weighted by Gasteiger charge is 2.11. The fourth-order valence-corrected chi connectivity index (χ4v) is 2.02. The Hall–Kier alpha value is -1.79. The van der Waals surface area contributed by atoms with E-state index >= 15 is 0 Å². The third kappa shape index (κ3) is 2.48. The monoisotopic (exact) mass is 253 g/mol. The second-order valence-electron chi connectivity index (χ2n) is 3.39. The number of methoxy groups -OCH3 is 1. The lowest BCUT2D eigenvalue weighted by molar-refractivity contribution is 0.419. The maximum absolute atomic E-state index is 10.9. The molecule has 0 spiro atoms. The summed E-state index contributed by atoms with van der Waals surface area (Å²) in [6, 6.07) is 10.3. The first-order valence-corrected chi connectivity index (χ1v) is 6.26. The first-order chi connectivity index (χ1) is 8.01. The summed E-state index contributed by atoms with van der Waals surface area (Å²) in [6.45, 7) is 0. The van der Waals surface area contributed by atoms with Crippen molar-refractivity contribution in [3.8, 4) is 11.5 Å². The van der Waals surface area contributed by atoms with E-state index in [9.17, 15) is 8.42 Å². The minimum Gasteiger partial charge on any atom is -0.496 e. The SMILES string of the molecule is COc1ccc(OS(N)(=O)=O)c2ccccc12. The predicted molar refractivity (Wildman–Crippen MR) is 64.2 cm³/mol. The normalized spacial score (nSPS) is 11.4. The molecule has 0 aromatic heterocycles. The number of nitrogens with two attached hydrogens (primary N) is 1. The van der Waals surface area contributed by atoms with E-state index in [2.05, 4.69) is 0 Å². The van der Waals surface area contributed by atoms with Crippen LogP contribution in [0.25, 0.3) is 10.8 Å². The highest BCUT2D eigenvalue weighted by molar-refractivity contribution is 7.84. The molecule has 0 aliphatic rings. The van der Waals surface area contributed by atoms with Crippen LogP contribution in [-0.4, -0.2) is 15.5 Å². The van der Waals surface area contributed by atoms with E-state index < -0.39 is 10.3 Å². The van der Waals surface area contributed by atoms with E-state index in [0.29, 0.717) is 11.1 Å². The molecule has 0 aliphatic carbocycles. The van der Waals surface area contributed by atoms with Gasteiger partial charge in [-0.15, -0.1) is 0 Å². The zero-order chi connectivity index (χ0) is 12.5. The lowest BCUT2D eigenvalue weighted by Crippen LogP contribution is -2.19. The Morgan fingerprint density at radius 3 is 2.06 bits per heavy atom. The van der Waals surface area contributed by atoms with Crippen molar-refractivity contribution in [1.29, 1.82) is 0 Å². The summed E-state index contributed by atoms with van der Waals surface area (Å²) in [5.74, 6) is 0.825. The Balaban J connectivity index is 2.67. The van der Waals surface area contributed by atoms with Gasteiger partial charge in [-0.2, -0.15) is 13.6 Å². The molecular weight excluding hydrogens is 242 g/mol. The van der Waals surface area contributed by atoms with Crippen molar-refractivity contribution >= 4 is 21.1 Å². The molecule has 2 N–H and O–H groups in total. The van der Waals surface area contributed by atoms with E-state index in [-0.39, 0.29) is 5.75 Å². The maximum atomic E-state index is 10.9. The van der Waals surface area contributed by atoms with Crippen LogP contribution >= 0.6 is 0 Å². The second-order valence-corrected chi connectivity index (χ2v) is 4.54. The maximum Gasteiger partial charge on any atom is 0.380 e. The molecule has 0 bridgehead atoms. The van der Waals surface area contributed by atoms with Crippen LogP contribution in [0.1, 0.15) is 0 Å². The molecule has 2 rings (SSSR count). The molecule has 0 saturated carbocycles. The number of ether oxygens (including phenoxy) is 1. The average Bonchev–Trinajstić information content (AvgIpc) is 2.28. The van der Waals surface area contributed by atoms with Crippen molar-refractivity contribution in [3.63, 3.8) is 0 Å². The molecule has 0 unspecified atom stereocenters. The van der Waals surface area contributed by atoms with Gasteiger partial charge in [0.2, 0.25) is 0 Å². The number of fused-ring (bicyclic) bond motifs is 1. The Labute approximate surface area is 99.0 Å². The van der Waals surface area contributed by atoms with E-state index in [0.717, 1.165) is 5.39 Å². The molecule has 0 aliphatic heterocycles. The summed E-state index contributed by atoms with van der Waals surface area (Å²) >= 11 is 0. The summed E-state index contributed by atoms with van der Waals surface area (Å²) in [5.41, 5.74) is 0. The van der Waals surface area contributed by atoms with Crippen LogP contribution in [0.5, 0.6) is 11.5 Å². The zero-order valence-electron chi connectivity index (χ0n) is 9.08. The van der Waals surface area contributed by atoms with Gasteiger partial charge in [0.05, 0.1) is 7.11 Å². The van der Waals surface area contributed by atoms with Gasteiger partial charge in [0.25, 0.3) is 0 Å². The van der Waals surface area contributed by atoms with Gasteiger partial charge in [0.15, 0.2) is 5.75 Å². The Morgan fingerprint density at radius 2 is 1.53 bits per heavy atom. The topological polar surface area (TPSA) is 78.6 Å². The number of hydrogen-bond acceptors (Lipinski definition) is 4. The first-order valence-electron chi connectivity index (χ1n) is 4.79. The van der Waals surface area contributed by atoms with Gasteiger partial charge in [-0.25, -0.2) is 0 Å². The molecule has 6 heteroatoms. The van der Waals surface area contributed by atoms with Gasteiger partial charge < -0.3 is 8.92 Å². The number of hydrogen-bond donors (Lipinski definition) is 1. The smallest absolute Gasteiger partial charge is 0.380 e. The van der Waals surface area contributed by atoms with Crippen LogP contribution in [0.3, 0.4) is 0 Å². The van der Waals surface area contributed by atoms with E-state index in [4.69, 9.17) is 14.1 Å². The molecule has 5 nitrogen and oxygen atoms in total. The third-order valence-electron chi connectivity index (χ3n) is 2.27. The standard InChI is InChI=1S/C11H11NO4S/c1-15-10-6-7-11(16-17(12,13)14)9-5-3-2-4-8(9)10/h2-7H,1H3,(H2,12,13,14). The lowest BCUT2D eigenvalue weighted by Gasteiger charge is -2.09. The van der Waals surface area contributed by atoms with Gasteiger partial charge in [-0.1, -0.05) is 24.3 Å². The van der Waals surface area contributed by atoms with Crippen LogP contribution in [0, 0.1) is 0 Å². The third-order valence-corrected chi connectivity index (χ3v) is 2.68. The number of rotatable bonds is 3. The molecule has 2 aromatic rings. The van der Waals surface area contributed by atoms with E-state index in [1.807, 2.05) is 12.1 Å². The average molecular weight is 253 g/mol. The van der Waals surface area contributed by atoms with Crippen molar-refractivity contribution in [2.45, 2.75) is 0 Å². The minimum absolute atomic E-state index is 0.184. The molecule has 0 radical (unpaired) electrons. The van der Waals surface area contributed by atoms with Crippen LogP contribution in [0.2, 0.25) is 0 Å². The molecule has 0 saturated heterocycles. The van der Waals surface area contributed by atoms with Crippen molar-refractivity contribution < 1.29 is 17.3 Å². The van der Waals surface area contributed by atoms with E-state index in [1.54, 1.807) is 25.3 Å².